The average molecular weight is 858 g/mol. The number of aliphatic hydroxyl groups excluding tert-OH is 2. The number of esters is 1. The van der Waals surface area contributed by atoms with Crippen molar-refractivity contribution in [3.63, 3.8) is 0 Å². The van der Waals surface area contributed by atoms with E-state index in [4.69, 9.17) is 4.74 Å². The van der Waals surface area contributed by atoms with Crippen LogP contribution in [0.5, 0.6) is 0 Å². The van der Waals surface area contributed by atoms with Gasteiger partial charge in [0, 0.05) is 6.42 Å². The van der Waals surface area contributed by atoms with Crippen LogP contribution in [0.3, 0.4) is 0 Å². The van der Waals surface area contributed by atoms with Gasteiger partial charge < -0.3 is 20.3 Å². The van der Waals surface area contributed by atoms with E-state index in [1.807, 2.05) is 0 Å². The smallest absolute Gasteiger partial charge is 0.306 e. The van der Waals surface area contributed by atoms with E-state index >= 15 is 0 Å². The number of allylic oxidation sites excluding steroid dienone is 6. The molecule has 0 aliphatic carbocycles. The summed E-state index contributed by atoms with van der Waals surface area (Å²) in [6.45, 7) is 6.47. The third-order valence-electron chi connectivity index (χ3n) is 12.2. The molecule has 0 bridgehead atoms. The Morgan fingerprint density at radius 2 is 0.852 bits per heavy atom. The number of ether oxygens (including phenoxy) is 1. The second kappa shape index (κ2) is 49.1. The fourth-order valence-electron chi connectivity index (χ4n) is 8.13. The van der Waals surface area contributed by atoms with Gasteiger partial charge in [-0.05, 0) is 70.6 Å². The van der Waals surface area contributed by atoms with Crippen molar-refractivity contribution in [1.82, 2.24) is 5.32 Å². The van der Waals surface area contributed by atoms with Crippen LogP contribution in [0.25, 0.3) is 0 Å². The predicted molar refractivity (Wildman–Crippen MR) is 264 cm³/mol. The first-order chi connectivity index (χ1) is 30.0. The molecule has 0 radical (unpaired) electrons. The fourth-order valence-corrected chi connectivity index (χ4v) is 8.13. The lowest BCUT2D eigenvalue weighted by atomic mass is 10.0. The van der Waals surface area contributed by atoms with E-state index < -0.39 is 18.2 Å². The molecule has 0 aromatic rings. The van der Waals surface area contributed by atoms with Gasteiger partial charge in [-0.15, -0.1) is 0 Å². The number of unbranched alkanes of at least 4 members (excludes halogenated alkanes) is 31. The van der Waals surface area contributed by atoms with Gasteiger partial charge in [-0.2, -0.15) is 0 Å². The molecule has 3 N–H and O–H groups in total. The monoisotopic (exact) mass is 858 g/mol. The van der Waals surface area contributed by atoms with E-state index in [0.717, 1.165) is 64.2 Å². The van der Waals surface area contributed by atoms with Crippen LogP contribution in [0.4, 0.5) is 0 Å². The Balaban J connectivity index is 4.63. The minimum atomic E-state index is -0.800. The van der Waals surface area contributed by atoms with Crippen molar-refractivity contribution < 1.29 is 24.5 Å². The lowest BCUT2D eigenvalue weighted by Crippen LogP contribution is -2.46. The Kier molecular flexibility index (Phi) is 47.6. The van der Waals surface area contributed by atoms with Gasteiger partial charge >= 0.3 is 5.97 Å². The molecule has 358 valence electrons. The van der Waals surface area contributed by atoms with Crippen LogP contribution in [-0.4, -0.2) is 46.9 Å². The maximum atomic E-state index is 13.2. The third-order valence-corrected chi connectivity index (χ3v) is 12.2. The Bertz CT molecular complexity index is 1010. The molecule has 3 unspecified atom stereocenters. The van der Waals surface area contributed by atoms with E-state index in [1.54, 1.807) is 0 Å². The molecule has 0 fully saturated rings. The molecule has 0 aliphatic heterocycles. The van der Waals surface area contributed by atoms with Gasteiger partial charge in [0.2, 0.25) is 5.91 Å². The summed E-state index contributed by atoms with van der Waals surface area (Å²) >= 11 is 0. The Morgan fingerprint density at radius 3 is 1.30 bits per heavy atom. The van der Waals surface area contributed by atoms with E-state index in [1.165, 1.54) is 167 Å². The predicted octanol–water partition coefficient (Wildman–Crippen LogP) is 16.1. The summed E-state index contributed by atoms with van der Waals surface area (Å²) < 4.78 is 5.90. The first kappa shape index (κ1) is 59.1. The molecule has 6 nitrogen and oxygen atoms in total. The van der Waals surface area contributed by atoms with E-state index in [0.29, 0.717) is 19.3 Å². The molecule has 0 saturated heterocycles. The normalized spacial score (nSPS) is 13.5. The summed E-state index contributed by atoms with van der Waals surface area (Å²) in [5.74, 6) is -0.531. The zero-order chi connectivity index (χ0) is 44.5. The summed E-state index contributed by atoms with van der Waals surface area (Å²) in [7, 11) is 0. The molecule has 0 aliphatic rings. The number of rotatable bonds is 48. The van der Waals surface area contributed by atoms with Crippen LogP contribution in [0.15, 0.2) is 36.5 Å². The van der Waals surface area contributed by atoms with Crippen LogP contribution in [0.1, 0.15) is 278 Å². The highest BCUT2D eigenvalue weighted by atomic mass is 16.5. The maximum Gasteiger partial charge on any atom is 0.306 e. The number of carbonyl (C=O) groups excluding carboxylic acids is 2. The third kappa shape index (κ3) is 44.5. The SMILES string of the molecule is CCCCCCCCC/C=C\CCCCCC(=O)OC(CCC/C=C/C=C/CCCCCCCCC)CC(=O)NC(CO)C(O)CCCCCCCCCCCCCCCC. The summed E-state index contributed by atoms with van der Waals surface area (Å²) in [4.78, 5) is 26.1. The molecule has 61 heavy (non-hydrogen) atoms. The minimum absolute atomic E-state index is 0.0411. The van der Waals surface area contributed by atoms with Gasteiger partial charge in [0.15, 0.2) is 0 Å². The zero-order valence-corrected chi connectivity index (χ0v) is 40.8. The van der Waals surface area contributed by atoms with Crippen molar-refractivity contribution >= 4 is 11.9 Å². The molecule has 1 amide bonds. The lowest BCUT2D eigenvalue weighted by Gasteiger charge is -2.24. The summed E-state index contributed by atoms with van der Waals surface area (Å²) in [6, 6.07) is -0.716. The first-order valence-electron chi connectivity index (χ1n) is 26.7. The summed E-state index contributed by atoms with van der Waals surface area (Å²) in [6.07, 6.45) is 57.8. The van der Waals surface area contributed by atoms with Gasteiger partial charge in [0.05, 0.1) is 25.2 Å². The van der Waals surface area contributed by atoms with Gasteiger partial charge in [-0.25, -0.2) is 0 Å². The number of amides is 1. The minimum Gasteiger partial charge on any atom is -0.462 e. The van der Waals surface area contributed by atoms with E-state index in [2.05, 4.69) is 62.5 Å². The lowest BCUT2D eigenvalue weighted by molar-refractivity contribution is -0.151. The van der Waals surface area contributed by atoms with Crippen molar-refractivity contribution in [1.29, 1.82) is 0 Å². The average Bonchev–Trinajstić information content (AvgIpc) is 3.25. The number of hydrogen-bond acceptors (Lipinski definition) is 5. The molecule has 0 saturated carbocycles. The van der Waals surface area contributed by atoms with Crippen molar-refractivity contribution in [3.8, 4) is 0 Å². The standard InChI is InChI=1S/C55H103NO5/c1-4-7-10-13-16-19-22-25-28-31-34-37-40-43-46-51(61-55(60)48-45-42-39-36-33-30-27-24-21-18-15-12-9-6-3)49-54(59)56-52(50-57)53(58)47-44-41-38-35-32-29-26-23-20-17-14-11-8-5-2/h28,30-31,33-34,37,51-53,57-58H,4-27,29,32,35-36,38-50H2,1-3H3,(H,56,59)/b31-28+,33-30-,37-34+. The Morgan fingerprint density at radius 1 is 0.475 bits per heavy atom. The number of carbonyl (C=O) groups is 2. The number of aliphatic hydroxyl groups is 2. The molecular formula is C55H103NO5. The van der Waals surface area contributed by atoms with E-state index in [9.17, 15) is 19.8 Å². The Hall–Kier alpha value is -1.92. The zero-order valence-electron chi connectivity index (χ0n) is 40.8. The van der Waals surface area contributed by atoms with Crippen LogP contribution < -0.4 is 5.32 Å². The number of hydrogen-bond donors (Lipinski definition) is 3. The van der Waals surface area contributed by atoms with Gasteiger partial charge in [0.1, 0.15) is 6.10 Å². The Labute approximate surface area is 379 Å². The van der Waals surface area contributed by atoms with Crippen LogP contribution in [0.2, 0.25) is 0 Å². The second-order valence-corrected chi connectivity index (χ2v) is 18.3. The second-order valence-electron chi connectivity index (χ2n) is 18.3. The number of nitrogens with one attached hydrogen (secondary N) is 1. The van der Waals surface area contributed by atoms with Gasteiger partial charge in [-0.1, -0.05) is 231 Å². The topological polar surface area (TPSA) is 95.9 Å². The molecular weight excluding hydrogens is 755 g/mol. The summed E-state index contributed by atoms with van der Waals surface area (Å²) in [5, 5.41) is 23.8. The molecule has 6 heteroatoms. The quantitative estimate of drug-likeness (QED) is 0.0245. The largest absolute Gasteiger partial charge is 0.462 e. The summed E-state index contributed by atoms with van der Waals surface area (Å²) in [5.41, 5.74) is 0. The maximum absolute atomic E-state index is 13.2. The molecule has 0 rings (SSSR count). The van der Waals surface area contributed by atoms with Gasteiger partial charge in [0.25, 0.3) is 0 Å². The van der Waals surface area contributed by atoms with Crippen LogP contribution in [0, 0.1) is 0 Å². The molecule has 0 spiro atoms. The first-order valence-corrected chi connectivity index (χ1v) is 26.7. The highest BCUT2D eigenvalue weighted by molar-refractivity contribution is 5.77. The van der Waals surface area contributed by atoms with Gasteiger partial charge in [-0.3, -0.25) is 9.59 Å². The van der Waals surface area contributed by atoms with Crippen LogP contribution >= 0.6 is 0 Å². The van der Waals surface area contributed by atoms with Crippen LogP contribution in [-0.2, 0) is 14.3 Å². The van der Waals surface area contributed by atoms with Crippen molar-refractivity contribution in [2.75, 3.05) is 6.61 Å². The highest BCUT2D eigenvalue weighted by Gasteiger charge is 2.24. The molecule has 0 aromatic heterocycles. The highest BCUT2D eigenvalue weighted by Crippen LogP contribution is 2.17. The van der Waals surface area contributed by atoms with Crippen molar-refractivity contribution in [2.24, 2.45) is 0 Å². The molecule has 0 heterocycles. The van der Waals surface area contributed by atoms with E-state index in [-0.39, 0.29) is 24.9 Å². The van der Waals surface area contributed by atoms with Crippen molar-refractivity contribution in [2.45, 2.75) is 296 Å². The molecule has 0 aromatic carbocycles. The van der Waals surface area contributed by atoms with Crippen molar-refractivity contribution in [3.05, 3.63) is 36.5 Å². The molecule has 3 atom stereocenters. The fraction of sp³-hybridized carbons (Fsp3) is 0.855.